The average Bonchev–Trinajstić information content (AvgIpc) is 2.61. The molecule has 2 rings (SSSR count). The Kier molecular flexibility index (Phi) is 6.06. The van der Waals surface area contributed by atoms with E-state index in [0.29, 0.717) is 11.3 Å². The lowest BCUT2D eigenvalue weighted by molar-refractivity contribution is -0.123. The van der Waals surface area contributed by atoms with Crippen LogP contribution in [0.2, 0.25) is 0 Å². The van der Waals surface area contributed by atoms with Gasteiger partial charge in [-0.2, -0.15) is 0 Å². The maximum absolute atomic E-state index is 13.7. The first kappa shape index (κ1) is 19.1. The van der Waals surface area contributed by atoms with Crippen molar-refractivity contribution in [3.63, 3.8) is 0 Å². The molecule has 6 nitrogen and oxygen atoms in total. The maximum Gasteiger partial charge on any atom is 0.339 e. The van der Waals surface area contributed by atoms with Gasteiger partial charge >= 0.3 is 5.97 Å². The minimum Gasteiger partial charge on any atom is -0.494 e. The van der Waals surface area contributed by atoms with Crippen LogP contribution in [-0.4, -0.2) is 30.9 Å². The number of Topliss-reactive ketones (excluding diaryl/α,β-unsaturated/α-hetero) is 1. The van der Waals surface area contributed by atoms with E-state index < -0.39 is 23.8 Å². The Balaban J connectivity index is 2.06. The number of halogens is 1. The molecule has 0 aliphatic rings. The first-order valence-electron chi connectivity index (χ1n) is 7.78. The van der Waals surface area contributed by atoms with Crippen LogP contribution >= 0.6 is 0 Å². The van der Waals surface area contributed by atoms with E-state index in [1.165, 1.54) is 33.1 Å². The molecule has 2 aromatic rings. The van der Waals surface area contributed by atoms with Crippen molar-refractivity contribution in [2.24, 2.45) is 0 Å². The van der Waals surface area contributed by atoms with Gasteiger partial charge in [0, 0.05) is 5.56 Å². The van der Waals surface area contributed by atoms with Crippen molar-refractivity contribution in [1.29, 1.82) is 0 Å². The number of carbonyl (C=O) groups excluding carboxylic acids is 3. The average molecular weight is 359 g/mol. The van der Waals surface area contributed by atoms with Crippen LogP contribution in [0.25, 0.3) is 0 Å². The minimum absolute atomic E-state index is 0.00631. The smallest absolute Gasteiger partial charge is 0.339 e. The van der Waals surface area contributed by atoms with Crippen LogP contribution in [0.5, 0.6) is 5.75 Å². The molecule has 0 fully saturated rings. The minimum atomic E-state index is -1.15. The Bertz CT molecular complexity index is 850. The molecule has 0 saturated carbocycles. The lowest BCUT2D eigenvalue weighted by Gasteiger charge is -2.15. The van der Waals surface area contributed by atoms with Crippen LogP contribution in [0.15, 0.2) is 42.5 Å². The molecular formula is C19H18FNO5. The van der Waals surface area contributed by atoms with E-state index in [9.17, 15) is 18.8 Å². The molecule has 1 amide bonds. The number of benzene rings is 2. The van der Waals surface area contributed by atoms with Gasteiger partial charge in [-0.3, -0.25) is 9.59 Å². The molecule has 0 spiro atoms. The number of amides is 1. The van der Waals surface area contributed by atoms with Crippen LogP contribution in [0, 0.1) is 5.82 Å². The van der Waals surface area contributed by atoms with Gasteiger partial charge in [0.05, 0.1) is 18.4 Å². The van der Waals surface area contributed by atoms with E-state index in [-0.39, 0.29) is 17.1 Å². The first-order chi connectivity index (χ1) is 12.3. The molecule has 0 aliphatic carbocycles. The summed E-state index contributed by atoms with van der Waals surface area (Å²) in [5, 5.41) is 2.55. The number of carbonyl (C=O) groups is 3. The van der Waals surface area contributed by atoms with Crippen molar-refractivity contribution in [1.82, 2.24) is 0 Å². The lowest BCUT2D eigenvalue weighted by atomic mass is 10.1. The third kappa shape index (κ3) is 4.44. The summed E-state index contributed by atoms with van der Waals surface area (Å²) in [5.74, 6) is -2.39. The van der Waals surface area contributed by atoms with Crippen LogP contribution < -0.4 is 10.1 Å². The van der Waals surface area contributed by atoms with E-state index in [2.05, 4.69) is 5.32 Å². The van der Waals surface area contributed by atoms with Gasteiger partial charge in [0.25, 0.3) is 5.91 Å². The standard InChI is InChI=1S/C19H18FNO5/c1-11(22)14-6-4-5-7-16(14)21-18(23)12(2)26-19(24)13-8-9-17(25-3)15(20)10-13/h4-10,12H,1-3H3,(H,21,23)/t12-/m0/s1. The third-order valence-electron chi connectivity index (χ3n) is 3.60. The molecule has 1 N–H and O–H groups in total. The fourth-order valence-electron chi connectivity index (χ4n) is 2.21. The van der Waals surface area contributed by atoms with Gasteiger partial charge in [-0.05, 0) is 44.2 Å². The summed E-state index contributed by atoms with van der Waals surface area (Å²) in [6.45, 7) is 2.76. The number of hydrogen-bond donors (Lipinski definition) is 1. The normalized spacial score (nSPS) is 11.4. The zero-order chi connectivity index (χ0) is 19.3. The van der Waals surface area contributed by atoms with Crippen LogP contribution in [0.3, 0.4) is 0 Å². The largest absolute Gasteiger partial charge is 0.494 e. The number of ether oxygens (including phenoxy) is 2. The SMILES string of the molecule is COc1ccc(C(=O)O[C@@H](C)C(=O)Nc2ccccc2C(C)=O)cc1F. The number of esters is 1. The van der Waals surface area contributed by atoms with Gasteiger partial charge in [-0.25, -0.2) is 9.18 Å². The van der Waals surface area contributed by atoms with E-state index in [4.69, 9.17) is 9.47 Å². The second-order valence-electron chi connectivity index (χ2n) is 5.49. The Morgan fingerprint density at radius 3 is 2.42 bits per heavy atom. The number of methoxy groups -OCH3 is 1. The van der Waals surface area contributed by atoms with Crippen molar-refractivity contribution < 1.29 is 28.2 Å². The summed E-state index contributed by atoms with van der Waals surface area (Å²) in [4.78, 5) is 35.9. The fraction of sp³-hybridized carbons (Fsp3) is 0.211. The van der Waals surface area contributed by atoms with Crippen molar-refractivity contribution in [2.75, 3.05) is 12.4 Å². The number of para-hydroxylation sites is 1. The highest BCUT2D eigenvalue weighted by atomic mass is 19.1. The van der Waals surface area contributed by atoms with Gasteiger partial charge in [-0.15, -0.1) is 0 Å². The number of ketones is 1. The van der Waals surface area contributed by atoms with Gasteiger partial charge in [0.15, 0.2) is 23.5 Å². The maximum atomic E-state index is 13.7. The van der Waals surface area contributed by atoms with Gasteiger partial charge < -0.3 is 14.8 Å². The molecule has 0 radical (unpaired) electrons. The molecule has 0 aliphatic heterocycles. The summed E-state index contributed by atoms with van der Waals surface area (Å²) < 4.78 is 23.5. The van der Waals surface area contributed by atoms with Crippen molar-refractivity contribution in [3.05, 3.63) is 59.4 Å². The van der Waals surface area contributed by atoms with Crippen molar-refractivity contribution in [3.8, 4) is 5.75 Å². The third-order valence-corrected chi connectivity index (χ3v) is 3.60. The summed E-state index contributed by atoms with van der Waals surface area (Å²) >= 11 is 0. The monoisotopic (exact) mass is 359 g/mol. The lowest BCUT2D eigenvalue weighted by Crippen LogP contribution is -2.30. The molecule has 136 valence electrons. The molecular weight excluding hydrogens is 341 g/mol. The molecule has 2 aromatic carbocycles. The molecule has 0 aromatic heterocycles. The number of rotatable bonds is 6. The fourth-order valence-corrected chi connectivity index (χ4v) is 2.21. The second-order valence-corrected chi connectivity index (χ2v) is 5.49. The van der Waals surface area contributed by atoms with Crippen molar-refractivity contribution in [2.45, 2.75) is 20.0 Å². The quantitative estimate of drug-likeness (QED) is 0.633. The highest BCUT2D eigenvalue weighted by Crippen LogP contribution is 2.19. The van der Waals surface area contributed by atoms with E-state index in [1.807, 2.05) is 0 Å². The number of hydrogen-bond acceptors (Lipinski definition) is 5. The Hall–Kier alpha value is -3.22. The summed E-state index contributed by atoms with van der Waals surface area (Å²) in [6, 6.07) is 10.1. The number of nitrogens with one attached hydrogen (secondary N) is 1. The molecule has 0 bridgehead atoms. The molecule has 7 heteroatoms. The Morgan fingerprint density at radius 1 is 1.12 bits per heavy atom. The molecule has 0 heterocycles. The Labute approximate surface area is 149 Å². The van der Waals surface area contributed by atoms with Crippen molar-refractivity contribution >= 4 is 23.3 Å². The van der Waals surface area contributed by atoms with Gasteiger partial charge in [0.2, 0.25) is 0 Å². The predicted molar refractivity (Wildman–Crippen MR) is 92.9 cm³/mol. The zero-order valence-electron chi connectivity index (χ0n) is 14.5. The van der Waals surface area contributed by atoms with E-state index in [1.54, 1.807) is 24.3 Å². The van der Waals surface area contributed by atoms with Gasteiger partial charge in [0.1, 0.15) is 0 Å². The molecule has 26 heavy (non-hydrogen) atoms. The summed E-state index contributed by atoms with van der Waals surface area (Å²) in [7, 11) is 1.31. The van der Waals surface area contributed by atoms with Crippen LogP contribution in [0.4, 0.5) is 10.1 Å². The molecule has 0 saturated heterocycles. The topological polar surface area (TPSA) is 81.7 Å². The number of anilines is 1. The molecule has 1 atom stereocenters. The molecule has 0 unspecified atom stereocenters. The van der Waals surface area contributed by atoms with Crippen LogP contribution in [0.1, 0.15) is 34.6 Å². The highest BCUT2D eigenvalue weighted by Gasteiger charge is 2.21. The summed E-state index contributed by atoms with van der Waals surface area (Å²) in [5.41, 5.74) is 0.618. The second kappa shape index (κ2) is 8.24. The highest BCUT2D eigenvalue weighted by molar-refractivity contribution is 6.05. The van der Waals surface area contributed by atoms with E-state index in [0.717, 1.165) is 6.07 Å². The Morgan fingerprint density at radius 2 is 1.81 bits per heavy atom. The van der Waals surface area contributed by atoms with Gasteiger partial charge in [-0.1, -0.05) is 12.1 Å². The zero-order valence-corrected chi connectivity index (χ0v) is 14.5. The predicted octanol–water partition coefficient (Wildman–Crippen LogP) is 3.22. The summed E-state index contributed by atoms with van der Waals surface area (Å²) in [6.07, 6.45) is -1.15. The van der Waals surface area contributed by atoms with E-state index >= 15 is 0 Å². The first-order valence-corrected chi connectivity index (χ1v) is 7.78. The van der Waals surface area contributed by atoms with Crippen LogP contribution in [-0.2, 0) is 9.53 Å².